The number of carbonyl (C=O) groups is 3. The van der Waals surface area contributed by atoms with Gasteiger partial charge in [0.25, 0.3) is 0 Å². The Morgan fingerprint density at radius 3 is 2.74 bits per heavy atom. The van der Waals surface area contributed by atoms with Crippen molar-refractivity contribution in [3.8, 4) is 0 Å². The van der Waals surface area contributed by atoms with Crippen LogP contribution in [-0.2, 0) is 33.3 Å². The van der Waals surface area contributed by atoms with Crippen molar-refractivity contribution in [2.45, 2.75) is 44.5 Å². The van der Waals surface area contributed by atoms with E-state index in [1.54, 1.807) is 13.8 Å². The third kappa shape index (κ3) is 3.43. The van der Waals surface area contributed by atoms with E-state index < -0.39 is 41.6 Å². The minimum absolute atomic E-state index is 0.0934. The average molecular weight is 376 g/mol. The third-order valence-corrected chi connectivity index (χ3v) is 5.35. The highest BCUT2D eigenvalue weighted by molar-refractivity contribution is 6.00. The van der Waals surface area contributed by atoms with Crippen LogP contribution in [0.25, 0.3) is 0 Å². The van der Waals surface area contributed by atoms with Crippen LogP contribution in [0, 0.1) is 11.8 Å². The Hall–Kier alpha value is -2.41. The quantitative estimate of drug-likeness (QED) is 0.547. The van der Waals surface area contributed by atoms with Gasteiger partial charge in [-0.2, -0.15) is 0 Å². The van der Waals surface area contributed by atoms with Gasteiger partial charge in [0.15, 0.2) is 5.60 Å². The molecule has 0 amide bonds. The lowest BCUT2D eigenvalue weighted by molar-refractivity contribution is -0.155. The fourth-order valence-corrected chi connectivity index (χ4v) is 3.90. The molecule has 0 unspecified atom stereocenters. The van der Waals surface area contributed by atoms with Crippen LogP contribution < -0.4 is 0 Å². The highest BCUT2D eigenvalue weighted by Crippen LogP contribution is 2.44. The first kappa shape index (κ1) is 19.4. The molecule has 3 rings (SSSR count). The number of ketones is 1. The molecule has 2 fully saturated rings. The summed E-state index contributed by atoms with van der Waals surface area (Å²) in [4.78, 5) is 37.2. The Bertz CT molecular complexity index is 749. The van der Waals surface area contributed by atoms with Gasteiger partial charge in [0.05, 0.1) is 12.5 Å². The summed E-state index contributed by atoms with van der Waals surface area (Å²) in [6.45, 7) is 10.9. The molecule has 7 heteroatoms. The SMILES string of the molecule is C=C(C)C(=O)O[C@@H]1C[C@]2(C)OC(=CC2=O)C(=C)C[C@H]2OC(=O)[C@@H](COC)[C@H]12. The van der Waals surface area contributed by atoms with Gasteiger partial charge < -0.3 is 18.9 Å². The fraction of sp³-hybridized carbons (Fsp3) is 0.550. The van der Waals surface area contributed by atoms with E-state index in [0.717, 1.165) is 0 Å². The predicted molar refractivity (Wildman–Crippen MR) is 94.4 cm³/mol. The predicted octanol–water partition coefficient (Wildman–Crippen LogP) is 1.87. The molecule has 0 saturated carbocycles. The lowest BCUT2D eigenvalue weighted by atomic mass is 9.78. The summed E-state index contributed by atoms with van der Waals surface area (Å²) in [5, 5.41) is 0. The van der Waals surface area contributed by atoms with Crippen LogP contribution in [-0.4, -0.2) is 49.2 Å². The van der Waals surface area contributed by atoms with Gasteiger partial charge in [0, 0.05) is 37.5 Å². The summed E-state index contributed by atoms with van der Waals surface area (Å²) >= 11 is 0. The molecule has 0 aromatic rings. The van der Waals surface area contributed by atoms with E-state index in [1.165, 1.54) is 13.2 Å². The van der Waals surface area contributed by atoms with Gasteiger partial charge in [-0.15, -0.1) is 0 Å². The van der Waals surface area contributed by atoms with Crippen molar-refractivity contribution in [2.75, 3.05) is 13.7 Å². The van der Waals surface area contributed by atoms with Crippen molar-refractivity contribution >= 4 is 17.7 Å². The number of hydrogen-bond donors (Lipinski definition) is 0. The summed E-state index contributed by atoms with van der Waals surface area (Å²) in [5.41, 5.74) is -0.400. The largest absolute Gasteiger partial charge is 0.479 e. The lowest BCUT2D eigenvalue weighted by Crippen LogP contribution is -2.45. The van der Waals surface area contributed by atoms with Gasteiger partial charge in [0.2, 0.25) is 5.78 Å². The first-order chi connectivity index (χ1) is 12.7. The molecular weight excluding hydrogens is 352 g/mol. The van der Waals surface area contributed by atoms with Crippen LogP contribution in [0.2, 0.25) is 0 Å². The minimum atomic E-state index is -1.20. The molecule has 3 aliphatic rings. The molecule has 5 atom stereocenters. The van der Waals surface area contributed by atoms with Crippen LogP contribution in [0.1, 0.15) is 26.7 Å². The van der Waals surface area contributed by atoms with Crippen molar-refractivity contribution in [3.63, 3.8) is 0 Å². The Morgan fingerprint density at radius 2 is 2.11 bits per heavy atom. The second-order valence-electron chi connectivity index (χ2n) is 7.56. The highest BCUT2D eigenvalue weighted by Gasteiger charge is 2.55. The molecule has 3 heterocycles. The molecule has 27 heavy (non-hydrogen) atoms. The van der Waals surface area contributed by atoms with Gasteiger partial charge in [-0.25, -0.2) is 4.79 Å². The van der Waals surface area contributed by atoms with Crippen molar-refractivity contribution in [1.29, 1.82) is 0 Å². The molecule has 0 spiro atoms. The van der Waals surface area contributed by atoms with E-state index in [2.05, 4.69) is 13.2 Å². The van der Waals surface area contributed by atoms with Crippen molar-refractivity contribution in [2.24, 2.45) is 11.8 Å². The van der Waals surface area contributed by atoms with Gasteiger partial charge in [-0.05, 0) is 19.4 Å². The molecule has 0 radical (unpaired) electrons. The zero-order valence-corrected chi connectivity index (χ0v) is 15.8. The Morgan fingerprint density at radius 1 is 1.41 bits per heavy atom. The molecule has 0 aromatic heterocycles. The second kappa shape index (κ2) is 6.96. The number of allylic oxidation sites excluding steroid dienone is 1. The van der Waals surface area contributed by atoms with Crippen molar-refractivity contribution in [1.82, 2.24) is 0 Å². The van der Waals surface area contributed by atoms with Crippen molar-refractivity contribution in [3.05, 3.63) is 36.1 Å². The van der Waals surface area contributed by atoms with Gasteiger partial charge in [-0.1, -0.05) is 13.2 Å². The zero-order chi connectivity index (χ0) is 19.9. The maximum atomic E-state index is 12.5. The molecule has 3 aliphatic heterocycles. The number of hydrogen-bond acceptors (Lipinski definition) is 7. The Labute approximate surface area is 158 Å². The van der Waals surface area contributed by atoms with Crippen LogP contribution in [0.5, 0.6) is 0 Å². The lowest BCUT2D eigenvalue weighted by Gasteiger charge is -2.33. The Kier molecular flexibility index (Phi) is 4.99. The zero-order valence-electron chi connectivity index (χ0n) is 15.8. The van der Waals surface area contributed by atoms with E-state index in [-0.39, 0.29) is 30.8 Å². The summed E-state index contributed by atoms with van der Waals surface area (Å²) in [7, 11) is 1.49. The molecular formula is C20H24O7. The molecule has 0 N–H and O–H groups in total. The van der Waals surface area contributed by atoms with E-state index in [1.807, 2.05) is 0 Å². The standard InChI is InChI=1S/C20H24O7/c1-10(2)18(22)26-15-8-20(4)16(21)7-13(27-20)11(3)6-14-17(15)12(9-24-5)19(23)25-14/h7,12,14-15,17H,1,3,6,8-9H2,2,4-5H3/t12-,14+,15+,17-,20-/m0/s1. The molecule has 7 nitrogen and oxygen atoms in total. The van der Waals surface area contributed by atoms with E-state index in [0.29, 0.717) is 11.3 Å². The van der Waals surface area contributed by atoms with Crippen LogP contribution in [0.3, 0.4) is 0 Å². The molecule has 0 aromatic carbocycles. The number of carbonyl (C=O) groups excluding carboxylic acids is 3. The van der Waals surface area contributed by atoms with Gasteiger partial charge in [0.1, 0.15) is 18.0 Å². The number of rotatable bonds is 4. The second-order valence-corrected chi connectivity index (χ2v) is 7.56. The van der Waals surface area contributed by atoms with Gasteiger partial charge >= 0.3 is 11.9 Å². The normalized spacial score (nSPS) is 35.2. The van der Waals surface area contributed by atoms with E-state index in [9.17, 15) is 14.4 Å². The first-order valence-electron chi connectivity index (χ1n) is 8.85. The fourth-order valence-electron chi connectivity index (χ4n) is 3.90. The van der Waals surface area contributed by atoms with E-state index in [4.69, 9.17) is 18.9 Å². The molecule has 146 valence electrons. The van der Waals surface area contributed by atoms with Crippen molar-refractivity contribution < 1.29 is 33.3 Å². The first-order valence-corrected chi connectivity index (χ1v) is 8.85. The monoisotopic (exact) mass is 376 g/mol. The Balaban J connectivity index is 2.03. The summed E-state index contributed by atoms with van der Waals surface area (Å²) in [5.74, 6) is -1.92. The smallest absolute Gasteiger partial charge is 0.333 e. The molecule has 0 aliphatic carbocycles. The number of esters is 2. The highest BCUT2D eigenvalue weighted by atomic mass is 16.6. The number of methoxy groups -OCH3 is 1. The van der Waals surface area contributed by atoms with Crippen LogP contribution >= 0.6 is 0 Å². The maximum absolute atomic E-state index is 12.5. The van der Waals surface area contributed by atoms with Crippen LogP contribution in [0.15, 0.2) is 36.1 Å². The van der Waals surface area contributed by atoms with Crippen LogP contribution in [0.4, 0.5) is 0 Å². The van der Waals surface area contributed by atoms with Gasteiger partial charge in [-0.3, -0.25) is 9.59 Å². The number of fused-ring (bicyclic) bond motifs is 3. The molecule has 2 bridgehead atoms. The van der Waals surface area contributed by atoms with E-state index >= 15 is 0 Å². The topological polar surface area (TPSA) is 88.1 Å². The third-order valence-electron chi connectivity index (χ3n) is 5.35. The summed E-state index contributed by atoms with van der Waals surface area (Å²) < 4.78 is 22.3. The number of ether oxygens (including phenoxy) is 4. The average Bonchev–Trinajstić information content (AvgIpc) is 3.05. The summed E-state index contributed by atoms with van der Waals surface area (Å²) in [6.07, 6.45) is 0.460. The summed E-state index contributed by atoms with van der Waals surface area (Å²) in [6, 6.07) is 0. The molecule has 2 saturated heterocycles. The maximum Gasteiger partial charge on any atom is 0.333 e. The minimum Gasteiger partial charge on any atom is -0.479 e.